The highest BCUT2D eigenvalue weighted by Gasteiger charge is 2.32. The Balaban J connectivity index is 1.74. The van der Waals surface area contributed by atoms with Crippen molar-refractivity contribution in [3.63, 3.8) is 0 Å². The molecule has 2 rings (SSSR count). The SMILES string of the molecule is CCC(C1CCCCC1)N1CCC(CNCC(C)C)C1. The van der Waals surface area contributed by atoms with Gasteiger partial charge in [-0.15, -0.1) is 0 Å². The molecule has 2 heteroatoms. The fraction of sp³-hybridized carbons (Fsp3) is 1.00. The average Bonchev–Trinajstić information content (AvgIpc) is 2.89. The van der Waals surface area contributed by atoms with Crippen LogP contribution in [0.3, 0.4) is 0 Å². The Morgan fingerprint density at radius 1 is 1.10 bits per heavy atom. The third-order valence-corrected chi connectivity index (χ3v) is 5.38. The predicted molar refractivity (Wildman–Crippen MR) is 88.0 cm³/mol. The van der Waals surface area contributed by atoms with Crippen LogP contribution in [0.1, 0.15) is 65.7 Å². The molecule has 0 bridgehead atoms. The molecule has 118 valence electrons. The number of hydrogen-bond acceptors (Lipinski definition) is 2. The lowest BCUT2D eigenvalue weighted by atomic mass is 9.82. The van der Waals surface area contributed by atoms with Gasteiger partial charge >= 0.3 is 0 Å². The number of likely N-dealkylation sites (tertiary alicyclic amines) is 1. The number of hydrogen-bond donors (Lipinski definition) is 1. The largest absolute Gasteiger partial charge is 0.316 e. The number of nitrogens with one attached hydrogen (secondary N) is 1. The van der Waals surface area contributed by atoms with Crippen molar-refractivity contribution >= 4 is 0 Å². The molecule has 0 aromatic carbocycles. The van der Waals surface area contributed by atoms with E-state index in [2.05, 4.69) is 31.0 Å². The van der Waals surface area contributed by atoms with Crippen LogP contribution < -0.4 is 5.32 Å². The van der Waals surface area contributed by atoms with Gasteiger partial charge in [-0.3, -0.25) is 4.90 Å². The quantitative estimate of drug-likeness (QED) is 0.760. The Bertz CT molecular complexity index is 258. The van der Waals surface area contributed by atoms with Gasteiger partial charge in [0.05, 0.1) is 0 Å². The minimum atomic E-state index is 0.776. The van der Waals surface area contributed by atoms with E-state index in [9.17, 15) is 0 Å². The number of nitrogens with zero attached hydrogens (tertiary/aromatic N) is 1. The van der Waals surface area contributed by atoms with Crippen molar-refractivity contribution in [2.75, 3.05) is 26.2 Å². The molecular weight excluding hydrogens is 244 g/mol. The minimum Gasteiger partial charge on any atom is -0.316 e. The van der Waals surface area contributed by atoms with Crippen molar-refractivity contribution in [2.45, 2.75) is 71.8 Å². The van der Waals surface area contributed by atoms with Gasteiger partial charge in [0.2, 0.25) is 0 Å². The molecule has 0 amide bonds. The van der Waals surface area contributed by atoms with E-state index in [0.29, 0.717) is 0 Å². The molecule has 0 aromatic heterocycles. The van der Waals surface area contributed by atoms with E-state index in [1.807, 2.05) is 0 Å². The summed E-state index contributed by atoms with van der Waals surface area (Å²) in [5.41, 5.74) is 0. The van der Waals surface area contributed by atoms with Crippen LogP contribution in [-0.4, -0.2) is 37.1 Å². The summed E-state index contributed by atoms with van der Waals surface area (Å²) in [4.78, 5) is 2.83. The van der Waals surface area contributed by atoms with Crippen LogP contribution in [0.15, 0.2) is 0 Å². The summed E-state index contributed by atoms with van der Waals surface area (Å²) in [6.45, 7) is 12.1. The molecule has 0 spiro atoms. The maximum Gasteiger partial charge on any atom is 0.0121 e. The zero-order chi connectivity index (χ0) is 14.4. The summed E-state index contributed by atoms with van der Waals surface area (Å²) in [5, 5.41) is 3.66. The molecule has 20 heavy (non-hydrogen) atoms. The lowest BCUT2D eigenvalue weighted by molar-refractivity contribution is 0.134. The van der Waals surface area contributed by atoms with Crippen molar-refractivity contribution < 1.29 is 0 Å². The molecule has 2 aliphatic rings. The fourth-order valence-corrected chi connectivity index (χ4v) is 4.32. The summed E-state index contributed by atoms with van der Waals surface area (Å²) in [5.74, 6) is 2.67. The van der Waals surface area contributed by atoms with Gasteiger partial charge in [-0.1, -0.05) is 40.0 Å². The third kappa shape index (κ3) is 4.73. The Morgan fingerprint density at radius 3 is 2.50 bits per heavy atom. The van der Waals surface area contributed by atoms with E-state index in [1.54, 1.807) is 0 Å². The topological polar surface area (TPSA) is 15.3 Å². The molecule has 2 unspecified atom stereocenters. The molecule has 1 saturated heterocycles. The van der Waals surface area contributed by atoms with Crippen molar-refractivity contribution in [3.8, 4) is 0 Å². The first-order chi connectivity index (χ1) is 9.70. The van der Waals surface area contributed by atoms with Crippen molar-refractivity contribution in [1.29, 1.82) is 0 Å². The van der Waals surface area contributed by atoms with E-state index in [0.717, 1.165) is 23.8 Å². The van der Waals surface area contributed by atoms with Gasteiger partial charge in [0.15, 0.2) is 0 Å². The van der Waals surface area contributed by atoms with Crippen molar-refractivity contribution in [2.24, 2.45) is 17.8 Å². The van der Waals surface area contributed by atoms with Gasteiger partial charge in [-0.25, -0.2) is 0 Å². The monoisotopic (exact) mass is 280 g/mol. The molecule has 1 heterocycles. The number of rotatable bonds is 7. The van der Waals surface area contributed by atoms with Gasteiger partial charge in [-0.2, -0.15) is 0 Å². The zero-order valence-corrected chi connectivity index (χ0v) is 14.0. The van der Waals surface area contributed by atoms with Crippen LogP contribution in [0.4, 0.5) is 0 Å². The third-order valence-electron chi connectivity index (χ3n) is 5.38. The average molecular weight is 281 g/mol. The highest BCUT2D eigenvalue weighted by atomic mass is 15.2. The Kier molecular flexibility index (Phi) is 6.83. The molecule has 2 atom stereocenters. The molecule has 1 aliphatic heterocycles. The zero-order valence-electron chi connectivity index (χ0n) is 14.0. The molecular formula is C18H36N2. The Morgan fingerprint density at radius 2 is 1.85 bits per heavy atom. The second-order valence-corrected chi connectivity index (χ2v) is 7.58. The predicted octanol–water partition coefficient (Wildman–Crippen LogP) is 3.91. The standard InChI is InChI=1S/C18H36N2/c1-4-18(17-8-6-5-7-9-17)20-11-10-16(14-20)13-19-12-15(2)3/h15-19H,4-14H2,1-3H3. The molecule has 1 N–H and O–H groups in total. The smallest absolute Gasteiger partial charge is 0.0121 e. The molecule has 0 radical (unpaired) electrons. The van der Waals surface area contributed by atoms with Gasteiger partial charge < -0.3 is 5.32 Å². The fourth-order valence-electron chi connectivity index (χ4n) is 4.32. The second-order valence-electron chi connectivity index (χ2n) is 7.58. The summed E-state index contributed by atoms with van der Waals surface area (Å²) in [6, 6.07) is 0.880. The molecule has 1 aliphatic carbocycles. The van der Waals surface area contributed by atoms with Crippen LogP contribution in [0, 0.1) is 17.8 Å². The Hall–Kier alpha value is -0.0800. The van der Waals surface area contributed by atoms with Gasteiger partial charge in [0.25, 0.3) is 0 Å². The first kappa shape index (κ1) is 16.3. The van der Waals surface area contributed by atoms with Crippen LogP contribution in [0.25, 0.3) is 0 Å². The second kappa shape index (κ2) is 8.38. The van der Waals surface area contributed by atoms with Crippen LogP contribution in [-0.2, 0) is 0 Å². The van der Waals surface area contributed by atoms with Gasteiger partial charge in [-0.05, 0) is 63.1 Å². The van der Waals surface area contributed by atoms with Crippen LogP contribution in [0.2, 0.25) is 0 Å². The molecule has 1 saturated carbocycles. The molecule has 2 fully saturated rings. The van der Waals surface area contributed by atoms with E-state index in [-0.39, 0.29) is 0 Å². The molecule has 0 aromatic rings. The van der Waals surface area contributed by atoms with E-state index >= 15 is 0 Å². The van der Waals surface area contributed by atoms with Crippen LogP contribution in [0.5, 0.6) is 0 Å². The maximum absolute atomic E-state index is 3.66. The Labute approximate surface area is 126 Å². The normalized spacial score (nSPS) is 27.3. The lowest BCUT2D eigenvalue weighted by Gasteiger charge is -2.36. The first-order valence-corrected chi connectivity index (χ1v) is 9.15. The summed E-state index contributed by atoms with van der Waals surface area (Å²) in [7, 11) is 0. The lowest BCUT2D eigenvalue weighted by Crippen LogP contribution is -2.40. The first-order valence-electron chi connectivity index (χ1n) is 9.15. The van der Waals surface area contributed by atoms with E-state index in [4.69, 9.17) is 0 Å². The van der Waals surface area contributed by atoms with Crippen molar-refractivity contribution in [3.05, 3.63) is 0 Å². The summed E-state index contributed by atoms with van der Waals surface area (Å²) >= 11 is 0. The summed E-state index contributed by atoms with van der Waals surface area (Å²) < 4.78 is 0. The maximum atomic E-state index is 3.66. The van der Waals surface area contributed by atoms with E-state index in [1.165, 1.54) is 71.1 Å². The van der Waals surface area contributed by atoms with Gasteiger partial charge in [0.1, 0.15) is 0 Å². The highest BCUT2D eigenvalue weighted by Crippen LogP contribution is 2.32. The highest BCUT2D eigenvalue weighted by molar-refractivity contribution is 4.86. The minimum absolute atomic E-state index is 0.776. The molecule has 2 nitrogen and oxygen atoms in total. The summed E-state index contributed by atoms with van der Waals surface area (Å²) in [6.07, 6.45) is 10.2. The van der Waals surface area contributed by atoms with Crippen molar-refractivity contribution in [1.82, 2.24) is 10.2 Å². The van der Waals surface area contributed by atoms with Crippen LogP contribution >= 0.6 is 0 Å². The van der Waals surface area contributed by atoms with E-state index < -0.39 is 0 Å². The van der Waals surface area contributed by atoms with Gasteiger partial charge in [0, 0.05) is 12.6 Å².